The average Bonchev–Trinajstić information content (AvgIpc) is 3.17. The van der Waals surface area contributed by atoms with Gasteiger partial charge >= 0.3 is 6.03 Å². The van der Waals surface area contributed by atoms with Crippen molar-refractivity contribution in [1.82, 2.24) is 15.9 Å². The quantitative estimate of drug-likeness (QED) is 0.654. The Morgan fingerprint density at radius 2 is 1.78 bits per heavy atom. The number of ether oxygens (including phenoxy) is 2. The van der Waals surface area contributed by atoms with E-state index in [1.807, 2.05) is 12.1 Å². The number of carbonyl (C=O) groups excluding carboxylic acids is 1. The van der Waals surface area contributed by atoms with E-state index in [1.54, 1.807) is 44.6 Å². The van der Waals surface area contributed by atoms with Crippen molar-refractivity contribution in [2.75, 3.05) is 24.7 Å². The van der Waals surface area contributed by atoms with Gasteiger partial charge in [0.15, 0.2) is 0 Å². The highest BCUT2D eigenvalue weighted by molar-refractivity contribution is 5.97. The third-order valence-corrected chi connectivity index (χ3v) is 4.73. The fourth-order valence-corrected chi connectivity index (χ4v) is 3.35. The Labute approximate surface area is 156 Å². The molecule has 0 bridgehead atoms. The topological polar surface area (TPSA) is 98.3 Å². The van der Waals surface area contributed by atoms with E-state index in [2.05, 4.69) is 16.2 Å². The predicted octanol–water partition coefficient (Wildman–Crippen LogP) is 2.23. The van der Waals surface area contributed by atoms with Crippen molar-refractivity contribution < 1.29 is 19.5 Å². The number of hydrogen-bond donors (Lipinski definition) is 4. The van der Waals surface area contributed by atoms with Crippen molar-refractivity contribution in [2.24, 2.45) is 0 Å². The normalized spacial score (nSPS) is 21.7. The Morgan fingerprint density at radius 3 is 2.48 bits per heavy atom. The molecule has 4 N–H and O–H groups in total. The molecule has 4 rings (SSSR count). The molecule has 2 heterocycles. The lowest BCUT2D eigenvalue weighted by molar-refractivity contribution is 0.0556. The third kappa shape index (κ3) is 3.12. The molecule has 0 aromatic heterocycles. The van der Waals surface area contributed by atoms with Crippen LogP contribution < -0.4 is 30.8 Å². The molecule has 1 fully saturated rings. The first kappa shape index (κ1) is 17.4. The van der Waals surface area contributed by atoms with E-state index >= 15 is 0 Å². The second kappa shape index (κ2) is 6.95. The van der Waals surface area contributed by atoms with E-state index in [4.69, 9.17) is 9.47 Å². The van der Waals surface area contributed by atoms with Crippen LogP contribution in [0.4, 0.5) is 16.2 Å². The second-order valence-electron chi connectivity index (χ2n) is 6.32. The molecule has 2 aromatic carbocycles. The molecule has 2 aliphatic rings. The van der Waals surface area contributed by atoms with Gasteiger partial charge in [0.2, 0.25) is 0 Å². The summed E-state index contributed by atoms with van der Waals surface area (Å²) in [6.07, 6.45) is 0.0775. The number of hydrazine groups is 2. The monoisotopic (exact) mass is 371 g/mol. The highest BCUT2D eigenvalue weighted by Gasteiger charge is 2.39. The molecule has 0 spiro atoms. The number of urea groups is 1. The lowest BCUT2D eigenvalue weighted by Gasteiger charge is -2.39. The average molecular weight is 371 g/mol. The van der Waals surface area contributed by atoms with Gasteiger partial charge in [-0.15, -0.1) is 0 Å². The van der Waals surface area contributed by atoms with Gasteiger partial charge in [0.1, 0.15) is 23.4 Å². The van der Waals surface area contributed by atoms with Crippen molar-refractivity contribution >= 4 is 17.4 Å². The molecule has 27 heavy (non-hydrogen) atoms. The van der Waals surface area contributed by atoms with E-state index < -0.39 is 12.2 Å². The highest BCUT2D eigenvalue weighted by atomic mass is 16.6. The van der Waals surface area contributed by atoms with Crippen molar-refractivity contribution in [3.63, 3.8) is 0 Å². The first-order valence-corrected chi connectivity index (χ1v) is 8.53. The lowest BCUT2D eigenvalue weighted by atomic mass is 10.0. The number of methoxy groups -OCH3 is 2. The second-order valence-corrected chi connectivity index (χ2v) is 6.32. The van der Waals surface area contributed by atoms with Gasteiger partial charge in [0, 0.05) is 18.5 Å². The van der Waals surface area contributed by atoms with Crippen LogP contribution in [0.15, 0.2) is 42.5 Å². The minimum atomic E-state index is -0.453. The molecular formula is C18H21N5O4. The van der Waals surface area contributed by atoms with Gasteiger partial charge < -0.3 is 14.8 Å². The summed E-state index contributed by atoms with van der Waals surface area (Å²) in [6.45, 7) is 0. The predicted molar refractivity (Wildman–Crippen MR) is 98.5 cm³/mol. The summed E-state index contributed by atoms with van der Waals surface area (Å²) in [7, 11) is 3.20. The van der Waals surface area contributed by atoms with E-state index in [-0.39, 0.29) is 6.04 Å². The van der Waals surface area contributed by atoms with Gasteiger partial charge in [-0.3, -0.25) is 5.21 Å². The number of nitrogens with one attached hydrogen (secondary N) is 3. The zero-order valence-corrected chi connectivity index (χ0v) is 15.0. The van der Waals surface area contributed by atoms with Gasteiger partial charge in [0.25, 0.3) is 0 Å². The molecule has 2 atom stereocenters. The summed E-state index contributed by atoms with van der Waals surface area (Å²) in [5.74, 6) is 1.37. The fraction of sp³-hybridized carbons (Fsp3) is 0.278. The minimum Gasteiger partial charge on any atom is -0.497 e. The molecule has 0 saturated carbocycles. The van der Waals surface area contributed by atoms with Crippen LogP contribution in [-0.2, 0) is 0 Å². The number of nitrogens with zero attached hydrogens (tertiary/aromatic N) is 2. The van der Waals surface area contributed by atoms with Crippen LogP contribution in [0.2, 0.25) is 0 Å². The summed E-state index contributed by atoms with van der Waals surface area (Å²) in [4.78, 5) is 12.5. The number of rotatable bonds is 4. The molecule has 9 heteroatoms. The fourth-order valence-electron chi connectivity index (χ4n) is 3.35. The van der Waals surface area contributed by atoms with Crippen molar-refractivity contribution in [1.29, 1.82) is 0 Å². The first-order chi connectivity index (χ1) is 13.1. The minimum absolute atomic E-state index is 0.0997. The number of fused-ring (bicyclic) bond motifs is 1. The lowest BCUT2D eigenvalue weighted by Crippen LogP contribution is -2.59. The summed E-state index contributed by atoms with van der Waals surface area (Å²) in [5.41, 5.74) is 8.25. The van der Waals surface area contributed by atoms with Gasteiger partial charge in [0.05, 0.1) is 19.9 Å². The number of amides is 2. The Balaban J connectivity index is 1.56. The molecule has 2 unspecified atom stereocenters. The molecule has 0 radical (unpaired) electrons. The van der Waals surface area contributed by atoms with Crippen LogP contribution in [0, 0.1) is 0 Å². The molecule has 9 nitrogen and oxygen atoms in total. The number of benzene rings is 2. The van der Waals surface area contributed by atoms with Gasteiger partial charge in [-0.1, -0.05) is 12.1 Å². The Bertz CT molecular complexity index is 839. The van der Waals surface area contributed by atoms with Crippen LogP contribution in [-0.4, -0.2) is 36.6 Å². The smallest absolute Gasteiger partial charge is 0.344 e. The van der Waals surface area contributed by atoms with Gasteiger partial charge in [-0.2, -0.15) is 10.2 Å². The molecular weight excluding hydrogens is 350 g/mol. The first-order valence-electron chi connectivity index (χ1n) is 8.53. The van der Waals surface area contributed by atoms with Crippen molar-refractivity contribution in [3.05, 3.63) is 48.0 Å². The van der Waals surface area contributed by atoms with Crippen LogP contribution in [0.3, 0.4) is 0 Å². The zero-order valence-electron chi connectivity index (χ0n) is 15.0. The molecule has 2 aliphatic heterocycles. The van der Waals surface area contributed by atoms with E-state index in [0.29, 0.717) is 29.3 Å². The van der Waals surface area contributed by atoms with Crippen molar-refractivity contribution in [2.45, 2.75) is 18.6 Å². The van der Waals surface area contributed by atoms with Crippen molar-refractivity contribution in [3.8, 4) is 11.5 Å². The van der Waals surface area contributed by atoms with E-state index in [9.17, 15) is 10.0 Å². The largest absolute Gasteiger partial charge is 0.497 e. The molecule has 142 valence electrons. The Kier molecular flexibility index (Phi) is 4.48. The molecule has 0 aliphatic carbocycles. The van der Waals surface area contributed by atoms with Crippen LogP contribution in [0.1, 0.15) is 18.0 Å². The summed E-state index contributed by atoms with van der Waals surface area (Å²) in [5, 5.41) is 15.5. The zero-order chi connectivity index (χ0) is 19.0. The summed E-state index contributed by atoms with van der Waals surface area (Å²) >= 11 is 0. The number of hydrogen-bond acceptors (Lipinski definition) is 7. The molecule has 2 aromatic rings. The van der Waals surface area contributed by atoms with E-state index in [1.165, 1.54) is 5.01 Å². The maximum atomic E-state index is 12.5. The summed E-state index contributed by atoms with van der Waals surface area (Å²) in [6, 6.07) is 12.2. The van der Waals surface area contributed by atoms with Gasteiger partial charge in [-0.05, 0) is 29.8 Å². The number of para-hydroxylation sites is 2. The summed E-state index contributed by atoms with van der Waals surface area (Å²) < 4.78 is 10.6. The maximum absolute atomic E-state index is 12.5. The van der Waals surface area contributed by atoms with Crippen LogP contribution in [0.5, 0.6) is 11.5 Å². The molecule has 2 amide bonds. The van der Waals surface area contributed by atoms with Gasteiger partial charge in [-0.25, -0.2) is 15.6 Å². The number of carbonyl (C=O) groups is 1. The van der Waals surface area contributed by atoms with Crippen LogP contribution >= 0.6 is 0 Å². The number of anilines is 2. The Hall–Kier alpha value is -3.01. The SMILES string of the molecule is COc1cc(OC)cc(C2CC(N3C(=O)Nc4ccccc4N3O)NN2)c1. The maximum Gasteiger partial charge on any atom is 0.344 e. The molecule has 1 saturated heterocycles. The Morgan fingerprint density at radius 1 is 1.07 bits per heavy atom. The van der Waals surface area contributed by atoms with Crippen LogP contribution in [0.25, 0.3) is 0 Å². The van der Waals surface area contributed by atoms with E-state index in [0.717, 1.165) is 10.7 Å². The standard InChI is InChI=1S/C18H21N5O4/c1-26-12-7-11(8-13(9-12)27-2)15-10-17(21-20-15)22-18(24)19-14-5-3-4-6-16(14)23(22)25/h3-9,15,17,20-21,25H,10H2,1-2H3,(H,19,24). The highest BCUT2D eigenvalue weighted by Crippen LogP contribution is 2.35. The third-order valence-electron chi connectivity index (χ3n) is 4.73.